The second kappa shape index (κ2) is 5.61. The molecule has 80 valence electrons. The van der Waals surface area contributed by atoms with Gasteiger partial charge in [0.05, 0.1) is 0 Å². The van der Waals surface area contributed by atoms with E-state index < -0.39 is 0 Å². The highest BCUT2D eigenvalue weighted by molar-refractivity contribution is 4.69. The molecule has 2 heteroatoms. The lowest BCUT2D eigenvalue weighted by molar-refractivity contribution is 0.289. The van der Waals surface area contributed by atoms with E-state index in [0.29, 0.717) is 12.0 Å². The Hall–Kier alpha value is -0.0800. The molecule has 0 rings (SSSR count). The minimum atomic E-state index is 0.197. The molecule has 4 N–H and O–H groups in total. The molecule has 13 heavy (non-hydrogen) atoms. The van der Waals surface area contributed by atoms with Crippen LogP contribution in [-0.2, 0) is 0 Å². The molecule has 2 nitrogen and oxygen atoms in total. The van der Waals surface area contributed by atoms with Crippen molar-refractivity contribution in [3.63, 3.8) is 0 Å². The molecule has 0 aromatic heterocycles. The SMILES string of the molecule is CC(CCC(N)CN)CC(C)(C)C. The maximum Gasteiger partial charge on any atom is 0.0163 e. The summed E-state index contributed by atoms with van der Waals surface area (Å²) < 4.78 is 0. The molecule has 0 aliphatic rings. The van der Waals surface area contributed by atoms with E-state index in [1.807, 2.05) is 0 Å². The summed E-state index contributed by atoms with van der Waals surface area (Å²) in [6, 6.07) is 0.197. The molecule has 0 saturated carbocycles. The number of hydrogen-bond donors (Lipinski definition) is 2. The van der Waals surface area contributed by atoms with Crippen molar-refractivity contribution < 1.29 is 0 Å². The third kappa shape index (κ3) is 8.26. The van der Waals surface area contributed by atoms with E-state index in [-0.39, 0.29) is 6.04 Å². The Morgan fingerprint density at radius 3 is 2.08 bits per heavy atom. The van der Waals surface area contributed by atoms with E-state index in [0.717, 1.165) is 12.3 Å². The minimum absolute atomic E-state index is 0.197. The van der Waals surface area contributed by atoms with E-state index in [4.69, 9.17) is 11.5 Å². The van der Waals surface area contributed by atoms with Gasteiger partial charge < -0.3 is 11.5 Å². The second-order valence-electron chi connectivity index (χ2n) is 5.44. The molecule has 2 unspecified atom stereocenters. The first-order valence-electron chi connectivity index (χ1n) is 5.31. The fraction of sp³-hybridized carbons (Fsp3) is 1.00. The predicted octanol–water partition coefficient (Wildman–Crippen LogP) is 2.12. The fourth-order valence-corrected chi connectivity index (χ4v) is 1.76. The second-order valence-corrected chi connectivity index (χ2v) is 5.44. The van der Waals surface area contributed by atoms with Gasteiger partial charge in [0.25, 0.3) is 0 Å². The number of nitrogens with two attached hydrogens (primary N) is 2. The zero-order valence-electron chi connectivity index (χ0n) is 9.64. The average Bonchev–Trinajstić information content (AvgIpc) is 1.97. The minimum Gasteiger partial charge on any atom is -0.329 e. The van der Waals surface area contributed by atoms with Crippen LogP contribution in [0.3, 0.4) is 0 Å². The van der Waals surface area contributed by atoms with Crippen molar-refractivity contribution in [3.8, 4) is 0 Å². The van der Waals surface area contributed by atoms with Crippen LogP contribution in [0.2, 0.25) is 0 Å². The molecule has 0 aliphatic heterocycles. The molecule has 0 radical (unpaired) electrons. The number of rotatable bonds is 5. The van der Waals surface area contributed by atoms with Gasteiger partial charge in [-0.2, -0.15) is 0 Å². The molecule has 0 fully saturated rings. The van der Waals surface area contributed by atoms with Gasteiger partial charge in [-0.25, -0.2) is 0 Å². The molecule has 0 amide bonds. The van der Waals surface area contributed by atoms with Gasteiger partial charge in [-0.3, -0.25) is 0 Å². The Bertz CT molecular complexity index is 127. The average molecular weight is 186 g/mol. The fourth-order valence-electron chi connectivity index (χ4n) is 1.76. The molecule has 0 aliphatic carbocycles. The molecule has 0 bridgehead atoms. The van der Waals surface area contributed by atoms with E-state index in [1.165, 1.54) is 12.8 Å². The van der Waals surface area contributed by atoms with E-state index in [2.05, 4.69) is 27.7 Å². The summed E-state index contributed by atoms with van der Waals surface area (Å²) in [6.45, 7) is 9.77. The third-order valence-corrected chi connectivity index (χ3v) is 2.29. The van der Waals surface area contributed by atoms with Gasteiger partial charge in [0.15, 0.2) is 0 Å². The van der Waals surface area contributed by atoms with Gasteiger partial charge in [-0.1, -0.05) is 27.7 Å². The van der Waals surface area contributed by atoms with Gasteiger partial charge >= 0.3 is 0 Å². The lowest BCUT2D eigenvalue weighted by atomic mass is 9.83. The summed E-state index contributed by atoms with van der Waals surface area (Å²) in [7, 11) is 0. The first-order valence-corrected chi connectivity index (χ1v) is 5.31. The Kier molecular flexibility index (Phi) is 5.57. The van der Waals surface area contributed by atoms with Crippen LogP contribution in [0.25, 0.3) is 0 Å². The monoisotopic (exact) mass is 186 g/mol. The van der Waals surface area contributed by atoms with E-state index in [9.17, 15) is 0 Å². The third-order valence-electron chi connectivity index (χ3n) is 2.29. The van der Waals surface area contributed by atoms with Crippen LogP contribution < -0.4 is 11.5 Å². The summed E-state index contributed by atoms with van der Waals surface area (Å²) in [5.74, 6) is 0.762. The molecule has 0 spiro atoms. The highest BCUT2D eigenvalue weighted by Gasteiger charge is 2.15. The summed E-state index contributed by atoms with van der Waals surface area (Å²) in [5.41, 5.74) is 11.7. The molecule has 0 aromatic carbocycles. The van der Waals surface area contributed by atoms with Gasteiger partial charge in [-0.05, 0) is 30.6 Å². The van der Waals surface area contributed by atoms with Crippen molar-refractivity contribution in [1.82, 2.24) is 0 Å². The Balaban J connectivity index is 3.57. The van der Waals surface area contributed by atoms with Crippen LogP contribution in [0.4, 0.5) is 0 Å². The molecule has 0 saturated heterocycles. The van der Waals surface area contributed by atoms with Gasteiger partial charge in [0.2, 0.25) is 0 Å². The quantitative estimate of drug-likeness (QED) is 0.691. The molecular formula is C11H26N2. The first kappa shape index (κ1) is 12.9. The molecule has 0 heterocycles. The lowest BCUT2D eigenvalue weighted by Gasteiger charge is -2.23. The maximum atomic E-state index is 5.76. The van der Waals surface area contributed by atoms with Crippen LogP contribution in [-0.4, -0.2) is 12.6 Å². The summed E-state index contributed by atoms with van der Waals surface area (Å²) >= 11 is 0. The van der Waals surface area contributed by atoms with Crippen LogP contribution in [0, 0.1) is 11.3 Å². The van der Waals surface area contributed by atoms with Crippen LogP contribution in [0.1, 0.15) is 47.0 Å². The van der Waals surface area contributed by atoms with Crippen molar-refractivity contribution in [2.24, 2.45) is 22.8 Å². The highest BCUT2D eigenvalue weighted by Crippen LogP contribution is 2.26. The van der Waals surface area contributed by atoms with Gasteiger partial charge in [0, 0.05) is 12.6 Å². The summed E-state index contributed by atoms with van der Waals surface area (Å²) in [5, 5.41) is 0. The van der Waals surface area contributed by atoms with E-state index >= 15 is 0 Å². The smallest absolute Gasteiger partial charge is 0.0163 e. The maximum absolute atomic E-state index is 5.76. The molecule has 2 atom stereocenters. The van der Waals surface area contributed by atoms with Crippen molar-refractivity contribution >= 4 is 0 Å². The summed E-state index contributed by atoms with van der Waals surface area (Å²) in [6.07, 6.45) is 3.54. The Morgan fingerprint density at radius 2 is 1.69 bits per heavy atom. The van der Waals surface area contributed by atoms with Crippen molar-refractivity contribution in [2.45, 2.75) is 53.0 Å². The molecule has 0 aromatic rings. The standard InChI is InChI=1S/C11H26N2/c1-9(7-11(2,3)4)5-6-10(13)8-12/h9-10H,5-8,12-13H2,1-4H3. The van der Waals surface area contributed by atoms with Gasteiger partial charge in [-0.15, -0.1) is 0 Å². The first-order chi connectivity index (χ1) is 5.85. The Morgan fingerprint density at radius 1 is 1.15 bits per heavy atom. The zero-order valence-corrected chi connectivity index (χ0v) is 9.64. The van der Waals surface area contributed by atoms with Crippen LogP contribution in [0.5, 0.6) is 0 Å². The zero-order chi connectivity index (χ0) is 10.5. The van der Waals surface area contributed by atoms with Crippen molar-refractivity contribution in [2.75, 3.05) is 6.54 Å². The van der Waals surface area contributed by atoms with Crippen LogP contribution >= 0.6 is 0 Å². The largest absolute Gasteiger partial charge is 0.329 e. The lowest BCUT2D eigenvalue weighted by Crippen LogP contribution is -2.30. The normalized spacial score (nSPS) is 17.1. The summed E-state index contributed by atoms with van der Waals surface area (Å²) in [4.78, 5) is 0. The highest BCUT2D eigenvalue weighted by atomic mass is 14.7. The predicted molar refractivity (Wildman–Crippen MR) is 59.5 cm³/mol. The number of hydrogen-bond acceptors (Lipinski definition) is 2. The van der Waals surface area contributed by atoms with E-state index in [1.54, 1.807) is 0 Å². The van der Waals surface area contributed by atoms with Crippen molar-refractivity contribution in [3.05, 3.63) is 0 Å². The van der Waals surface area contributed by atoms with Gasteiger partial charge in [0.1, 0.15) is 0 Å². The van der Waals surface area contributed by atoms with Crippen molar-refractivity contribution in [1.29, 1.82) is 0 Å². The Labute approximate surface area is 83.1 Å². The molecular weight excluding hydrogens is 160 g/mol. The topological polar surface area (TPSA) is 52.0 Å². The van der Waals surface area contributed by atoms with Crippen LogP contribution in [0.15, 0.2) is 0 Å².